The lowest BCUT2D eigenvalue weighted by molar-refractivity contribution is 0.479. The van der Waals surface area contributed by atoms with Gasteiger partial charge in [-0.05, 0) is 44.1 Å². The van der Waals surface area contributed by atoms with Gasteiger partial charge >= 0.3 is 0 Å². The van der Waals surface area contributed by atoms with Crippen LogP contribution in [0.3, 0.4) is 0 Å². The van der Waals surface area contributed by atoms with Crippen LogP contribution in [0.15, 0.2) is 48.6 Å². The summed E-state index contributed by atoms with van der Waals surface area (Å²) in [6.45, 7) is 8.42. The van der Waals surface area contributed by atoms with E-state index in [1.165, 1.54) is 43.2 Å². The first-order chi connectivity index (χ1) is 8.68. The third kappa shape index (κ3) is 7.11. The molecular formula is C18H26. The van der Waals surface area contributed by atoms with Crippen LogP contribution in [0, 0.1) is 5.92 Å². The molecule has 0 fully saturated rings. The minimum Gasteiger partial charge on any atom is -0.100 e. The Morgan fingerprint density at radius 2 is 1.94 bits per heavy atom. The van der Waals surface area contributed by atoms with Crippen LogP contribution in [0.5, 0.6) is 0 Å². The second-order valence-electron chi connectivity index (χ2n) is 5.34. The van der Waals surface area contributed by atoms with Crippen LogP contribution < -0.4 is 0 Å². The fraction of sp³-hybridized carbons (Fsp3) is 0.444. The summed E-state index contributed by atoms with van der Waals surface area (Å²) in [4.78, 5) is 0. The van der Waals surface area contributed by atoms with E-state index in [9.17, 15) is 0 Å². The van der Waals surface area contributed by atoms with Gasteiger partial charge in [0.1, 0.15) is 0 Å². The lowest BCUT2D eigenvalue weighted by atomic mass is 9.97. The average molecular weight is 242 g/mol. The summed E-state index contributed by atoms with van der Waals surface area (Å²) in [5, 5.41) is 0. The third-order valence-electron chi connectivity index (χ3n) is 3.24. The SMILES string of the molecule is C=C(C)CCC[C@@H](C)CC/C=C/c1ccccc1. The molecule has 0 saturated heterocycles. The molecule has 18 heavy (non-hydrogen) atoms. The van der Waals surface area contributed by atoms with Gasteiger partial charge in [0, 0.05) is 0 Å². The molecule has 0 saturated carbocycles. The van der Waals surface area contributed by atoms with E-state index in [4.69, 9.17) is 0 Å². The zero-order valence-electron chi connectivity index (χ0n) is 11.9. The Bertz CT molecular complexity index is 359. The van der Waals surface area contributed by atoms with E-state index < -0.39 is 0 Å². The largest absolute Gasteiger partial charge is 0.100 e. The molecule has 0 aliphatic rings. The zero-order valence-corrected chi connectivity index (χ0v) is 11.9. The fourth-order valence-corrected chi connectivity index (χ4v) is 2.06. The zero-order chi connectivity index (χ0) is 13.2. The third-order valence-corrected chi connectivity index (χ3v) is 3.24. The highest BCUT2D eigenvalue weighted by atomic mass is 14.1. The van der Waals surface area contributed by atoms with Gasteiger partial charge in [0.2, 0.25) is 0 Å². The van der Waals surface area contributed by atoms with Gasteiger partial charge in [0.05, 0.1) is 0 Å². The normalized spacial score (nSPS) is 12.8. The summed E-state index contributed by atoms with van der Waals surface area (Å²) >= 11 is 0. The summed E-state index contributed by atoms with van der Waals surface area (Å²) in [5.74, 6) is 0.824. The Kier molecular flexibility index (Phi) is 7.17. The van der Waals surface area contributed by atoms with Crippen molar-refractivity contribution in [3.8, 4) is 0 Å². The molecule has 0 aliphatic carbocycles. The summed E-state index contributed by atoms with van der Waals surface area (Å²) in [6, 6.07) is 10.5. The first kappa shape index (κ1) is 14.8. The standard InChI is InChI=1S/C18H26/c1-16(2)10-9-12-17(3)11-7-8-15-18-13-5-4-6-14-18/h4-6,8,13-15,17H,1,7,9-12H2,2-3H3/b15-8+/t17-/m0/s1. The fourth-order valence-electron chi connectivity index (χ4n) is 2.06. The summed E-state index contributed by atoms with van der Waals surface area (Å²) in [5.41, 5.74) is 2.61. The van der Waals surface area contributed by atoms with Crippen molar-refractivity contribution >= 4 is 6.08 Å². The quantitative estimate of drug-likeness (QED) is 0.501. The van der Waals surface area contributed by atoms with Crippen molar-refractivity contribution in [2.45, 2.75) is 46.0 Å². The molecule has 0 bridgehead atoms. The second-order valence-corrected chi connectivity index (χ2v) is 5.34. The van der Waals surface area contributed by atoms with Crippen molar-refractivity contribution < 1.29 is 0 Å². The molecule has 0 aliphatic heterocycles. The Hall–Kier alpha value is -1.30. The van der Waals surface area contributed by atoms with Crippen molar-refractivity contribution in [3.63, 3.8) is 0 Å². The Balaban J connectivity index is 2.13. The van der Waals surface area contributed by atoms with Crippen molar-refractivity contribution in [1.82, 2.24) is 0 Å². The van der Waals surface area contributed by atoms with E-state index in [2.05, 4.69) is 62.9 Å². The van der Waals surface area contributed by atoms with Crippen LogP contribution in [0.1, 0.15) is 51.5 Å². The van der Waals surface area contributed by atoms with E-state index >= 15 is 0 Å². The molecule has 0 aromatic heterocycles. The average Bonchev–Trinajstić information content (AvgIpc) is 2.35. The van der Waals surface area contributed by atoms with Crippen molar-refractivity contribution in [3.05, 3.63) is 54.1 Å². The maximum Gasteiger partial charge on any atom is -0.0260 e. The molecule has 1 atom stereocenters. The molecular weight excluding hydrogens is 216 g/mol. The van der Waals surface area contributed by atoms with Gasteiger partial charge < -0.3 is 0 Å². The highest BCUT2D eigenvalue weighted by Gasteiger charge is 2.00. The van der Waals surface area contributed by atoms with Crippen LogP contribution in [-0.4, -0.2) is 0 Å². The minimum absolute atomic E-state index is 0.824. The number of benzene rings is 1. The topological polar surface area (TPSA) is 0 Å². The van der Waals surface area contributed by atoms with Crippen LogP contribution in [0.4, 0.5) is 0 Å². The van der Waals surface area contributed by atoms with E-state index in [-0.39, 0.29) is 0 Å². The van der Waals surface area contributed by atoms with E-state index in [1.54, 1.807) is 0 Å². The predicted molar refractivity (Wildman–Crippen MR) is 82.5 cm³/mol. The van der Waals surface area contributed by atoms with Gasteiger partial charge in [0.15, 0.2) is 0 Å². The number of allylic oxidation sites excluding steroid dienone is 2. The molecule has 0 heteroatoms. The molecule has 1 aromatic rings. The van der Waals surface area contributed by atoms with Gasteiger partial charge in [-0.2, -0.15) is 0 Å². The Labute approximate surface area is 112 Å². The molecule has 0 heterocycles. The highest BCUT2D eigenvalue weighted by molar-refractivity contribution is 5.48. The lowest BCUT2D eigenvalue weighted by Gasteiger charge is -2.09. The van der Waals surface area contributed by atoms with Gasteiger partial charge in [-0.25, -0.2) is 0 Å². The maximum atomic E-state index is 3.95. The van der Waals surface area contributed by atoms with Crippen LogP contribution in [-0.2, 0) is 0 Å². The van der Waals surface area contributed by atoms with Crippen molar-refractivity contribution in [2.24, 2.45) is 5.92 Å². The lowest BCUT2D eigenvalue weighted by Crippen LogP contribution is -1.94. The van der Waals surface area contributed by atoms with Crippen LogP contribution >= 0.6 is 0 Å². The van der Waals surface area contributed by atoms with E-state index in [0.29, 0.717) is 0 Å². The summed E-state index contributed by atoms with van der Waals surface area (Å²) < 4.78 is 0. The monoisotopic (exact) mass is 242 g/mol. The molecule has 0 unspecified atom stereocenters. The number of hydrogen-bond acceptors (Lipinski definition) is 0. The van der Waals surface area contributed by atoms with E-state index in [0.717, 1.165) is 5.92 Å². The number of hydrogen-bond donors (Lipinski definition) is 0. The van der Waals surface area contributed by atoms with Crippen molar-refractivity contribution in [2.75, 3.05) is 0 Å². The molecule has 0 N–H and O–H groups in total. The van der Waals surface area contributed by atoms with E-state index in [1.807, 2.05) is 0 Å². The predicted octanol–water partition coefficient (Wildman–Crippen LogP) is 5.86. The van der Waals surface area contributed by atoms with Crippen LogP contribution in [0.2, 0.25) is 0 Å². The molecule has 98 valence electrons. The molecule has 0 spiro atoms. The first-order valence-corrected chi connectivity index (χ1v) is 7.04. The Morgan fingerprint density at radius 1 is 1.22 bits per heavy atom. The highest BCUT2D eigenvalue weighted by Crippen LogP contribution is 2.16. The first-order valence-electron chi connectivity index (χ1n) is 7.04. The van der Waals surface area contributed by atoms with Crippen LogP contribution in [0.25, 0.3) is 6.08 Å². The van der Waals surface area contributed by atoms with Gasteiger partial charge in [0.25, 0.3) is 0 Å². The summed E-state index contributed by atoms with van der Waals surface area (Å²) in [7, 11) is 0. The van der Waals surface area contributed by atoms with Crippen molar-refractivity contribution in [1.29, 1.82) is 0 Å². The molecule has 0 radical (unpaired) electrons. The number of rotatable bonds is 8. The van der Waals surface area contributed by atoms with Gasteiger partial charge in [-0.1, -0.05) is 61.4 Å². The second kappa shape index (κ2) is 8.74. The molecule has 0 nitrogen and oxygen atoms in total. The van der Waals surface area contributed by atoms with Gasteiger partial charge in [-0.15, -0.1) is 6.58 Å². The molecule has 1 rings (SSSR count). The van der Waals surface area contributed by atoms with Gasteiger partial charge in [-0.3, -0.25) is 0 Å². The smallest absolute Gasteiger partial charge is 0.0260 e. The molecule has 0 amide bonds. The Morgan fingerprint density at radius 3 is 2.61 bits per heavy atom. The minimum atomic E-state index is 0.824. The summed E-state index contributed by atoms with van der Waals surface area (Å²) in [6.07, 6.45) is 10.8. The molecule has 1 aromatic carbocycles. The maximum absolute atomic E-state index is 3.95.